The molecule has 0 amide bonds. The number of benzene rings is 1. The fourth-order valence-corrected chi connectivity index (χ4v) is 2.49. The molecular formula is C10H13FN2O4S. The number of rotatable bonds is 5. The molecule has 6 nitrogen and oxygen atoms in total. The van der Waals surface area contributed by atoms with Gasteiger partial charge in [-0.1, -0.05) is 0 Å². The predicted octanol–water partition coefficient (Wildman–Crippen LogP) is 1.58. The number of nitrogens with one attached hydrogen (secondary N) is 1. The van der Waals surface area contributed by atoms with Gasteiger partial charge in [0, 0.05) is 18.4 Å². The molecule has 1 unspecified atom stereocenters. The molecule has 0 saturated carbocycles. The Morgan fingerprint density at radius 1 is 1.50 bits per heavy atom. The van der Waals surface area contributed by atoms with E-state index in [1.807, 2.05) is 0 Å². The van der Waals surface area contributed by atoms with Crippen LogP contribution in [0.15, 0.2) is 18.2 Å². The molecule has 1 N–H and O–H groups in total. The van der Waals surface area contributed by atoms with Crippen molar-refractivity contribution in [2.45, 2.75) is 13.0 Å². The second-order valence-corrected chi connectivity index (χ2v) is 6.24. The van der Waals surface area contributed by atoms with Crippen molar-refractivity contribution in [1.29, 1.82) is 0 Å². The average molecular weight is 276 g/mol. The van der Waals surface area contributed by atoms with Crippen LogP contribution in [-0.2, 0) is 9.84 Å². The summed E-state index contributed by atoms with van der Waals surface area (Å²) in [5, 5.41) is 13.1. The maximum absolute atomic E-state index is 13.5. The van der Waals surface area contributed by atoms with E-state index in [9.17, 15) is 22.9 Å². The summed E-state index contributed by atoms with van der Waals surface area (Å²) >= 11 is 0. The maximum Gasteiger partial charge on any atom is 0.272 e. The highest BCUT2D eigenvalue weighted by Crippen LogP contribution is 2.21. The second kappa shape index (κ2) is 5.30. The van der Waals surface area contributed by atoms with Gasteiger partial charge in [0.25, 0.3) is 5.69 Å². The molecule has 0 heterocycles. The average Bonchev–Trinajstić information content (AvgIpc) is 2.17. The molecule has 100 valence electrons. The number of hydrogen-bond acceptors (Lipinski definition) is 5. The smallest absolute Gasteiger partial charge is 0.272 e. The van der Waals surface area contributed by atoms with Crippen molar-refractivity contribution in [3.8, 4) is 0 Å². The first kappa shape index (κ1) is 14.4. The Balaban J connectivity index is 2.83. The van der Waals surface area contributed by atoms with Gasteiger partial charge in [-0.05, 0) is 13.0 Å². The zero-order chi connectivity index (χ0) is 13.9. The van der Waals surface area contributed by atoms with E-state index in [-0.39, 0.29) is 17.1 Å². The van der Waals surface area contributed by atoms with Gasteiger partial charge in [-0.3, -0.25) is 10.1 Å². The van der Waals surface area contributed by atoms with Crippen molar-refractivity contribution in [3.05, 3.63) is 34.1 Å². The second-order valence-electron chi connectivity index (χ2n) is 4.06. The van der Waals surface area contributed by atoms with Crippen molar-refractivity contribution in [2.75, 3.05) is 17.3 Å². The summed E-state index contributed by atoms with van der Waals surface area (Å²) in [4.78, 5) is 9.71. The van der Waals surface area contributed by atoms with E-state index < -0.39 is 26.6 Å². The quantitative estimate of drug-likeness (QED) is 0.651. The fourth-order valence-electron chi connectivity index (χ4n) is 1.50. The van der Waals surface area contributed by atoms with Gasteiger partial charge < -0.3 is 5.32 Å². The lowest BCUT2D eigenvalue weighted by molar-refractivity contribution is -0.385. The van der Waals surface area contributed by atoms with Crippen LogP contribution >= 0.6 is 0 Å². The van der Waals surface area contributed by atoms with E-state index in [2.05, 4.69) is 5.32 Å². The van der Waals surface area contributed by atoms with Crippen molar-refractivity contribution < 1.29 is 17.7 Å². The first-order valence-corrected chi connectivity index (χ1v) is 7.13. The molecule has 0 aliphatic heterocycles. The van der Waals surface area contributed by atoms with Crippen LogP contribution in [0.5, 0.6) is 0 Å². The number of nitrogens with zero attached hydrogens (tertiary/aromatic N) is 1. The number of anilines is 1. The number of halogens is 1. The molecule has 1 aromatic rings. The number of nitro benzene ring substituents is 1. The van der Waals surface area contributed by atoms with Crippen LogP contribution in [0.2, 0.25) is 0 Å². The topological polar surface area (TPSA) is 89.3 Å². The molecule has 0 radical (unpaired) electrons. The third kappa shape index (κ3) is 4.28. The molecule has 1 aromatic carbocycles. The van der Waals surface area contributed by atoms with Crippen molar-refractivity contribution in [2.24, 2.45) is 0 Å². The molecule has 1 atom stereocenters. The minimum absolute atomic E-state index is 0.0387. The summed E-state index contributed by atoms with van der Waals surface area (Å²) in [6, 6.07) is 2.66. The fraction of sp³-hybridized carbons (Fsp3) is 0.400. The van der Waals surface area contributed by atoms with E-state index in [0.29, 0.717) is 0 Å². The van der Waals surface area contributed by atoms with Gasteiger partial charge in [-0.15, -0.1) is 0 Å². The lowest BCUT2D eigenvalue weighted by Gasteiger charge is -2.14. The highest BCUT2D eigenvalue weighted by atomic mass is 32.2. The molecule has 1 rings (SSSR count). The number of nitro groups is 1. The van der Waals surface area contributed by atoms with E-state index in [0.717, 1.165) is 18.4 Å². The third-order valence-corrected chi connectivity index (χ3v) is 3.22. The molecule has 0 fully saturated rings. The minimum atomic E-state index is -3.17. The zero-order valence-corrected chi connectivity index (χ0v) is 10.7. The normalized spacial score (nSPS) is 13.1. The van der Waals surface area contributed by atoms with Crippen LogP contribution in [-0.4, -0.2) is 31.4 Å². The van der Waals surface area contributed by atoms with Crippen LogP contribution in [0.25, 0.3) is 0 Å². The number of sulfone groups is 1. The first-order valence-electron chi connectivity index (χ1n) is 5.07. The van der Waals surface area contributed by atoms with Gasteiger partial charge >= 0.3 is 0 Å². The van der Waals surface area contributed by atoms with Crippen LogP contribution in [0.3, 0.4) is 0 Å². The standard InChI is InChI=1S/C10H13FN2O4S/c1-7(6-18(2,16)17)12-10-4-3-8(13(14)15)5-9(10)11/h3-5,7,12H,6H2,1-2H3. The predicted molar refractivity (Wildman–Crippen MR) is 65.8 cm³/mol. The van der Waals surface area contributed by atoms with Crippen molar-refractivity contribution in [3.63, 3.8) is 0 Å². The molecule has 0 aliphatic rings. The SMILES string of the molecule is CC(CS(C)(=O)=O)Nc1ccc([N+](=O)[O-])cc1F. The molecule has 18 heavy (non-hydrogen) atoms. The Labute approximate surface area is 104 Å². The van der Waals surface area contributed by atoms with Crippen LogP contribution < -0.4 is 5.32 Å². The van der Waals surface area contributed by atoms with Gasteiger partial charge in [0.2, 0.25) is 0 Å². The molecule has 0 aliphatic carbocycles. The highest BCUT2D eigenvalue weighted by Gasteiger charge is 2.14. The Morgan fingerprint density at radius 3 is 2.56 bits per heavy atom. The summed E-state index contributed by atoms with van der Waals surface area (Å²) in [5.41, 5.74) is -0.314. The first-order chi connectivity index (χ1) is 8.19. The zero-order valence-electron chi connectivity index (χ0n) is 9.88. The highest BCUT2D eigenvalue weighted by molar-refractivity contribution is 7.90. The Morgan fingerprint density at radius 2 is 2.11 bits per heavy atom. The molecule has 0 spiro atoms. The summed E-state index contributed by atoms with van der Waals surface area (Å²) in [7, 11) is -3.17. The summed E-state index contributed by atoms with van der Waals surface area (Å²) in [5.74, 6) is -0.937. The minimum Gasteiger partial charge on any atom is -0.379 e. The lowest BCUT2D eigenvalue weighted by Crippen LogP contribution is -2.25. The Bertz CT molecular complexity index is 559. The van der Waals surface area contributed by atoms with Crippen molar-refractivity contribution in [1.82, 2.24) is 0 Å². The van der Waals surface area contributed by atoms with Crippen LogP contribution in [0.1, 0.15) is 6.92 Å². The third-order valence-electron chi connectivity index (χ3n) is 2.12. The van der Waals surface area contributed by atoms with Gasteiger partial charge in [-0.25, -0.2) is 12.8 Å². The van der Waals surface area contributed by atoms with Crippen LogP contribution in [0, 0.1) is 15.9 Å². The summed E-state index contributed by atoms with van der Waals surface area (Å²) < 4.78 is 35.6. The number of hydrogen-bond donors (Lipinski definition) is 1. The Kier molecular flexibility index (Phi) is 4.23. The van der Waals surface area contributed by atoms with Gasteiger partial charge in [-0.2, -0.15) is 0 Å². The lowest BCUT2D eigenvalue weighted by atomic mass is 10.2. The molecule has 0 bridgehead atoms. The summed E-state index contributed by atoms with van der Waals surface area (Å²) in [6.45, 7) is 1.59. The summed E-state index contributed by atoms with van der Waals surface area (Å²) in [6.07, 6.45) is 1.08. The molecule has 0 saturated heterocycles. The van der Waals surface area contributed by atoms with Gasteiger partial charge in [0.15, 0.2) is 5.82 Å². The molecular weight excluding hydrogens is 263 g/mol. The van der Waals surface area contributed by atoms with Gasteiger partial charge in [0.1, 0.15) is 9.84 Å². The van der Waals surface area contributed by atoms with E-state index >= 15 is 0 Å². The Hall–Kier alpha value is -1.70. The van der Waals surface area contributed by atoms with E-state index in [4.69, 9.17) is 0 Å². The monoisotopic (exact) mass is 276 g/mol. The number of non-ortho nitro benzene ring substituents is 1. The van der Waals surface area contributed by atoms with E-state index in [1.54, 1.807) is 6.92 Å². The van der Waals surface area contributed by atoms with Gasteiger partial charge in [0.05, 0.1) is 22.4 Å². The van der Waals surface area contributed by atoms with Crippen LogP contribution in [0.4, 0.5) is 15.8 Å². The maximum atomic E-state index is 13.5. The molecule has 0 aromatic heterocycles. The molecule has 8 heteroatoms. The van der Waals surface area contributed by atoms with E-state index in [1.165, 1.54) is 6.07 Å². The largest absolute Gasteiger partial charge is 0.379 e. The van der Waals surface area contributed by atoms with Crippen molar-refractivity contribution >= 4 is 21.2 Å².